The molecule has 0 saturated carbocycles. The molecule has 146 valence electrons. The molecule has 1 saturated heterocycles. The summed E-state index contributed by atoms with van der Waals surface area (Å²) in [6.45, 7) is 5.75. The predicted octanol–water partition coefficient (Wildman–Crippen LogP) is 2.45. The molecule has 7 nitrogen and oxygen atoms in total. The van der Waals surface area contributed by atoms with E-state index in [2.05, 4.69) is 15.5 Å². The van der Waals surface area contributed by atoms with Gasteiger partial charge in [-0.2, -0.15) is 0 Å². The lowest BCUT2D eigenvalue weighted by molar-refractivity contribution is -0.115. The van der Waals surface area contributed by atoms with Crippen LogP contribution in [0.1, 0.15) is 36.2 Å². The molecule has 1 aromatic carbocycles. The predicted molar refractivity (Wildman–Crippen MR) is 107 cm³/mol. The number of carbonyl (C=O) groups excluding carboxylic acids is 1. The van der Waals surface area contributed by atoms with E-state index in [1.54, 1.807) is 4.57 Å². The van der Waals surface area contributed by atoms with Crippen molar-refractivity contribution in [2.45, 2.75) is 43.5 Å². The van der Waals surface area contributed by atoms with Crippen LogP contribution in [0.25, 0.3) is 0 Å². The van der Waals surface area contributed by atoms with Crippen molar-refractivity contribution in [3.05, 3.63) is 35.2 Å². The van der Waals surface area contributed by atoms with Gasteiger partial charge in [-0.3, -0.25) is 4.79 Å². The molecule has 2 heterocycles. The zero-order chi connectivity index (χ0) is 19.8. The first-order valence-electron chi connectivity index (χ1n) is 8.81. The van der Waals surface area contributed by atoms with Gasteiger partial charge in [-0.15, -0.1) is 10.2 Å². The molecule has 1 N–H and O–H groups in total. The molecule has 3 rings (SSSR count). The molecule has 1 aliphatic heterocycles. The van der Waals surface area contributed by atoms with Crippen molar-refractivity contribution >= 4 is 33.2 Å². The molecule has 2 aromatic rings. The lowest BCUT2D eigenvalue weighted by Crippen LogP contribution is -2.23. The maximum atomic E-state index is 12.6. The molecule has 0 bridgehead atoms. The minimum atomic E-state index is -2.98. The van der Waals surface area contributed by atoms with E-state index in [1.165, 1.54) is 11.8 Å². The summed E-state index contributed by atoms with van der Waals surface area (Å²) in [5.41, 5.74) is 2.87. The summed E-state index contributed by atoms with van der Waals surface area (Å²) < 4.78 is 25.2. The molecule has 9 heteroatoms. The number of nitrogens with zero attached hydrogens (tertiary/aromatic N) is 3. The van der Waals surface area contributed by atoms with E-state index in [9.17, 15) is 13.2 Å². The van der Waals surface area contributed by atoms with Crippen LogP contribution in [-0.4, -0.2) is 45.8 Å². The van der Waals surface area contributed by atoms with Crippen molar-refractivity contribution in [3.63, 3.8) is 0 Å². The van der Waals surface area contributed by atoms with Gasteiger partial charge in [-0.05, 0) is 38.3 Å². The van der Waals surface area contributed by atoms with Crippen molar-refractivity contribution in [2.24, 2.45) is 7.05 Å². The molecule has 1 fully saturated rings. The zero-order valence-corrected chi connectivity index (χ0v) is 17.5. The second kappa shape index (κ2) is 7.63. The standard InChI is InChI=1S/C18H24N4O3S2/c1-11-6-5-7-12(2)15(11)19-17(23)13(3)26-18-21-20-16(22(18)4)14-8-9-27(24,25)10-14/h5-7,13-14H,8-10H2,1-4H3,(H,19,23). The summed E-state index contributed by atoms with van der Waals surface area (Å²) in [7, 11) is -1.16. The van der Waals surface area contributed by atoms with Crippen LogP contribution in [0.4, 0.5) is 5.69 Å². The first-order chi connectivity index (χ1) is 12.7. The van der Waals surface area contributed by atoms with E-state index >= 15 is 0 Å². The van der Waals surface area contributed by atoms with Gasteiger partial charge >= 0.3 is 0 Å². The average Bonchev–Trinajstić information content (AvgIpc) is 3.13. The number of aryl methyl sites for hydroxylation is 2. The molecule has 1 amide bonds. The van der Waals surface area contributed by atoms with Gasteiger partial charge in [0.15, 0.2) is 15.0 Å². The van der Waals surface area contributed by atoms with Gasteiger partial charge in [-0.25, -0.2) is 8.42 Å². The van der Waals surface area contributed by atoms with Gasteiger partial charge in [0.2, 0.25) is 5.91 Å². The van der Waals surface area contributed by atoms with Crippen LogP contribution in [0.2, 0.25) is 0 Å². The lowest BCUT2D eigenvalue weighted by atomic mass is 10.1. The molecule has 2 unspecified atom stereocenters. The van der Waals surface area contributed by atoms with Gasteiger partial charge in [0.25, 0.3) is 0 Å². The Kier molecular flexibility index (Phi) is 5.62. The van der Waals surface area contributed by atoms with Crippen LogP contribution >= 0.6 is 11.8 Å². The Morgan fingerprint density at radius 2 is 1.96 bits per heavy atom. The fourth-order valence-electron chi connectivity index (χ4n) is 3.23. The van der Waals surface area contributed by atoms with E-state index in [-0.39, 0.29) is 28.6 Å². The quantitative estimate of drug-likeness (QED) is 0.764. The van der Waals surface area contributed by atoms with Crippen LogP contribution in [0.3, 0.4) is 0 Å². The van der Waals surface area contributed by atoms with Crippen molar-refractivity contribution in [1.29, 1.82) is 0 Å². The van der Waals surface area contributed by atoms with Gasteiger partial charge in [0.05, 0.1) is 16.8 Å². The maximum absolute atomic E-state index is 12.6. The lowest BCUT2D eigenvalue weighted by Gasteiger charge is -2.15. The first-order valence-corrected chi connectivity index (χ1v) is 11.5. The number of thioether (sulfide) groups is 1. The van der Waals surface area contributed by atoms with Crippen LogP contribution in [-0.2, 0) is 21.7 Å². The zero-order valence-electron chi connectivity index (χ0n) is 15.9. The molecule has 0 aliphatic carbocycles. The molecule has 1 aromatic heterocycles. The number of hydrogen-bond donors (Lipinski definition) is 1. The minimum absolute atomic E-state index is 0.106. The van der Waals surface area contributed by atoms with Crippen molar-refractivity contribution < 1.29 is 13.2 Å². The Labute approximate surface area is 163 Å². The Morgan fingerprint density at radius 1 is 1.30 bits per heavy atom. The Balaban J connectivity index is 1.69. The smallest absolute Gasteiger partial charge is 0.237 e. The molecule has 27 heavy (non-hydrogen) atoms. The van der Waals surface area contributed by atoms with Crippen LogP contribution < -0.4 is 5.32 Å². The van der Waals surface area contributed by atoms with E-state index in [1.807, 2.05) is 46.0 Å². The Morgan fingerprint density at radius 3 is 2.56 bits per heavy atom. The third kappa shape index (κ3) is 4.35. The van der Waals surface area contributed by atoms with Gasteiger partial charge in [0.1, 0.15) is 5.82 Å². The molecular weight excluding hydrogens is 384 g/mol. The normalized spacial score (nSPS) is 19.8. The number of anilines is 1. The second-order valence-electron chi connectivity index (χ2n) is 7.02. The molecule has 2 atom stereocenters. The fraction of sp³-hybridized carbons (Fsp3) is 0.500. The van der Waals surface area contributed by atoms with Crippen molar-refractivity contribution in [1.82, 2.24) is 14.8 Å². The van der Waals surface area contributed by atoms with Crippen LogP contribution in [0, 0.1) is 13.8 Å². The summed E-state index contributed by atoms with van der Waals surface area (Å²) in [5, 5.41) is 11.6. The SMILES string of the molecule is Cc1cccc(C)c1NC(=O)C(C)Sc1nnc(C2CCS(=O)(=O)C2)n1C. The molecular formula is C18H24N4O3S2. The summed E-state index contributed by atoms with van der Waals surface area (Å²) in [5.74, 6) is 0.750. The van der Waals surface area contributed by atoms with E-state index < -0.39 is 9.84 Å². The third-order valence-corrected chi connectivity index (χ3v) is 7.75. The highest BCUT2D eigenvalue weighted by Crippen LogP contribution is 2.31. The van der Waals surface area contributed by atoms with Crippen LogP contribution in [0.15, 0.2) is 23.4 Å². The first kappa shape index (κ1) is 19.9. The molecule has 1 aliphatic rings. The van der Waals surface area contributed by atoms with E-state index in [0.717, 1.165) is 16.8 Å². The highest BCUT2D eigenvalue weighted by Gasteiger charge is 2.33. The second-order valence-corrected chi connectivity index (χ2v) is 10.6. The number of carbonyl (C=O) groups is 1. The number of benzene rings is 1. The van der Waals surface area contributed by atoms with E-state index in [0.29, 0.717) is 17.4 Å². The Bertz CT molecular complexity index is 949. The van der Waals surface area contributed by atoms with Crippen molar-refractivity contribution in [2.75, 3.05) is 16.8 Å². The highest BCUT2D eigenvalue weighted by molar-refractivity contribution is 8.00. The number of sulfone groups is 1. The number of para-hydroxylation sites is 1. The van der Waals surface area contributed by atoms with Gasteiger partial charge < -0.3 is 9.88 Å². The number of hydrogen-bond acceptors (Lipinski definition) is 6. The molecule has 0 radical (unpaired) electrons. The maximum Gasteiger partial charge on any atom is 0.237 e. The van der Waals surface area contributed by atoms with Gasteiger partial charge in [-0.1, -0.05) is 30.0 Å². The number of amides is 1. The van der Waals surface area contributed by atoms with Crippen LogP contribution in [0.5, 0.6) is 0 Å². The van der Waals surface area contributed by atoms with Gasteiger partial charge in [0, 0.05) is 18.7 Å². The fourth-order valence-corrected chi connectivity index (χ4v) is 5.79. The number of rotatable bonds is 5. The summed E-state index contributed by atoms with van der Waals surface area (Å²) in [6, 6.07) is 5.89. The Hall–Kier alpha value is -1.87. The number of aromatic nitrogens is 3. The largest absolute Gasteiger partial charge is 0.325 e. The van der Waals surface area contributed by atoms with Crippen molar-refractivity contribution in [3.8, 4) is 0 Å². The topological polar surface area (TPSA) is 94.0 Å². The summed E-state index contributed by atoms with van der Waals surface area (Å²) in [6.07, 6.45) is 0.571. The monoisotopic (exact) mass is 408 g/mol. The summed E-state index contributed by atoms with van der Waals surface area (Å²) in [4.78, 5) is 12.6. The minimum Gasteiger partial charge on any atom is -0.325 e. The van der Waals surface area contributed by atoms with E-state index in [4.69, 9.17) is 0 Å². The third-order valence-electron chi connectivity index (χ3n) is 4.85. The average molecular weight is 409 g/mol. The molecule has 0 spiro atoms. The summed E-state index contributed by atoms with van der Waals surface area (Å²) >= 11 is 1.32. The number of nitrogens with one attached hydrogen (secondary N) is 1. The highest BCUT2D eigenvalue weighted by atomic mass is 32.2.